The Labute approximate surface area is 157 Å². The van der Waals surface area contributed by atoms with Crippen molar-refractivity contribution < 1.29 is 9.21 Å². The summed E-state index contributed by atoms with van der Waals surface area (Å²) >= 11 is 1.33. The first kappa shape index (κ1) is 18.3. The first-order valence-corrected chi connectivity index (χ1v) is 9.35. The van der Waals surface area contributed by atoms with Crippen LogP contribution in [0.25, 0.3) is 0 Å². The summed E-state index contributed by atoms with van der Waals surface area (Å²) in [6.45, 7) is 12.6. The van der Waals surface area contributed by atoms with Crippen LogP contribution in [0.1, 0.15) is 54.7 Å². The second kappa shape index (κ2) is 7.03. The van der Waals surface area contributed by atoms with E-state index >= 15 is 0 Å². The number of hydrogen-bond acceptors (Lipinski definition) is 5. The molecule has 1 N–H and O–H groups in total. The smallest absolute Gasteiger partial charge is 0.293 e. The first-order chi connectivity index (χ1) is 12.3. The maximum absolute atomic E-state index is 12.3. The fourth-order valence-electron chi connectivity index (χ4n) is 3.12. The summed E-state index contributed by atoms with van der Waals surface area (Å²) in [5.74, 6) is 0.748. The van der Waals surface area contributed by atoms with Gasteiger partial charge in [-0.25, -0.2) is 0 Å². The molecule has 1 aromatic carbocycles. The lowest BCUT2D eigenvalue weighted by Gasteiger charge is -2.18. The van der Waals surface area contributed by atoms with Gasteiger partial charge in [0.15, 0.2) is 5.76 Å². The van der Waals surface area contributed by atoms with Gasteiger partial charge >= 0.3 is 0 Å². The molecule has 0 saturated carbocycles. The predicted molar refractivity (Wildman–Crippen MR) is 104 cm³/mol. The van der Waals surface area contributed by atoms with Crippen LogP contribution < -0.4 is 5.32 Å². The molecule has 3 rings (SSSR count). The Balaban J connectivity index is 1.82. The number of carbonyl (C=O) groups excluding carboxylic acids is 1. The lowest BCUT2D eigenvalue weighted by Crippen LogP contribution is -2.10. The highest BCUT2D eigenvalue weighted by Gasteiger charge is 2.17. The first-order valence-electron chi connectivity index (χ1n) is 8.54. The summed E-state index contributed by atoms with van der Waals surface area (Å²) in [4.78, 5) is 12.3. The van der Waals surface area contributed by atoms with Crippen LogP contribution in [-0.2, 0) is 6.42 Å². The van der Waals surface area contributed by atoms with Crippen molar-refractivity contribution in [2.24, 2.45) is 0 Å². The molecular weight excluding hydrogens is 346 g/mol. The minimum Gasteiger partial charge on any atom is -0.456 e. The Morgan fingerprint density at radius 3 is 2.15 bits per heavy atom. The number of rotatable bonds is 4. The zero-order valence-electron chi connectivity index (χ0n) is 16.0. The average Bonchev–Trinajstić information content (AvgIpc) is 3.24. The van der Waals surface area contributed by atoms with Crippen molar-refractivity contribution in [3.8, 4) is 0 Å². The van der Waals surface area contributed by atoms with Crippen molar-refractivity contribution in [1.29, 1.82) is 0 Å². The molecule has 0 saturated heterocycles. The number of aromatic nitrogens is 2. The Bertz CT molecular complexity index is 956. The number of benzene rings is 1. The van der Waals surface area contributed by atoms with Crippen LogP contribution in [0.15, 0.2) is 16.5 Å². The van der Waals surface area contributed by atoms with E-state index in [1.54, 1.807) is 6.07 Å². The summed E-state index contributed by atoms with van der Waals surface area (Å²) < 4.78 is 5.79. The highest BCUT2D eigenvalue weighted by molar-refractivity contribution is 7.15. The quantitative estimate of drug-likeness (QED) is 0.715. The van der Waals surface area contributed by atoms with E-state index in [1.165, 1.54) is 44.7 Å². The number of nitrogens with one attached hydrogen (secondary N) is 1. The maximum Gasteiger partial charge on any atom is 0.293 e. The summed E-state index contributed by atoms with van der Waals surface area (Å²) in [5.41, 5.74) is 7.83. The van der Waals surface area contributed by atoms with Gasteiger partial charge < -0.3 is 4.42 Å². The molecule has 0 fully saturated rings. The van der Waals surface area contributed by atoms with Crippen LogP contribution in [-0.4, -0.2) is 16.1 Å². The Morgan fingerprint density at radius 1 is 0.962 bits per heavy atom. The van der Waals surface area contributed by atoms with Crippen molar-refractivity contribution in [3.05, 3.63) is 62.0 Å². The third-order valence-electron chi connectivity index (χ3n) is 5.14. The van der Waals surface area contributed by atoms with Gasteiger partial charge in [0.25, 0.3) is 5.91 Å². The van der Waals surface area contributed by atoms with E-state index in [9.17, 15) is 4.79 Å². The highest BCUT2D eigenvalue weighted by Crippen LogP contribution is 2.28. The number of furan rings is 1. The van der Waals surface area contributed by atoms with E-state index in [0.717, 1.165) is 10.8 Å². The van der Waals surface area contributed by atoms with Crippen LogP contribution in [0.4, 0.5) is 5.13 Å². The number of nitrogens with zero attached hydrogens (tertiary/aromatic N) is 2. The molecule has 6 heteroatoms. The second-order valence-corrected chi connectivity index (χ2v) is 7.81. The Hall–Kier alpha value is -2.47. The van der Waals surface area contributed by atoms with Crippen LogP contribution in [0, 0.1) is 41.5 Å². The predicted octanol–water partition coefficient (Wildman–Crippen LogP) is 4.82. The fraction of sp³-hybridized carbons (Fsp3) is 0.350. The second-order valence-electron chi connectivity index (χ2n) is 6.63. The lowest BCUT2D eigenvalue weighted by molar-refractivity contribution is 0.0995. The molecule has 26 heavy (non-hydrogen) atoms. The highest BCUT2D eigenvalue weighted by atomic mass is 32.1. The topological polar surface area (TPSA) is 68.0 Å². The summed E-state index contributed by atoms with van der Waals surface area (Å²) in [5, 5.41) is 11.8. The molecule has 2 heterocycles. The van der Waals surface area contributed by atoms with Gasteiger partial charge in [0, 0.05) is 6.42 Å². The van der Waals surface area contributed by atoms with E-state index in [2.05, 4.69) is 50.1 Å². The third kappa shape index (κ3) is 3.42. The van der Waals surface area contributed by atoms with Crippen LogP contribution in [0.5, 0.6) is 0 Å². The molecule has 1 amide bonds. The van der Waals surface area contributed by atoms with Gasteiger partial charge in [0.05, 0.1) is 0 Å². The monoisotopic (exact) mass is 369 g/mol. The molecule has 0 spiro atoms. The van der Waals surface area contributed by atoms with Crippen LogP contribution >= 0.6 is 11.3 Å². The van der Waals surface area contributed by atoms with E-state index in [0.29, 0.717) is 11.6 Å². The zero-order chi connectivity index (χ0) is 19.0. The van der Waals surface area contributed by atoms with E-state index in [-0.39, 0.29) is 11.7 Å². The number of carbonyl (C=O) groups is 1. The van der Waals surface area contributed by atoms with Gasteiger partial charge in [-0.2, -0.15) is 0 Å². The summed E-state index contributed by atoms with van der Waals surface area (Å²) in [6.07, 6.45) is 0.671. The molecule has 2 aromatic heterocycles. The number of amides is 1. The molecule has 0 radical (unpaired) electrons. The molecule has 0 atom stereocenters. The van der Waals surface area contributed by atoms with Crippen molar-refractivity contribution in [1.82, 2.24) is 10.2 Å². The van der Waals surface area contributed by atoms with Gasteiger partial charge in [-0.05, 0) is 87.1 Å². The minimum atomic E-state index is -0.308. The third-order valence-corrected chi connectivity index (χ3v) is 5.89. The van der Waals surface area contributed by atoms with Gasteiger partial charge in [0.2, 0.25) is 5.13 Å². The van der Waals surface area contributed by atoms with Crippen molar-refractivity contribution >= 4 is 22.4 Å². The largest absolute Gasteiger partial charge is 0.456 e. The molecule has 0 aliphatic heterocycles. The Kier molecular flexibility index (Phi) is 4.96. The van der Waals surface area contributed by atoms with Crippen molar-refractivity contribution in [2.45, 2.75) is 48.0 Å². The van der Waals surface area contributed by atoms with Crippen LogP contribution in [0.3, 0.4) is 0 Å². The average molecular weight is 369 g/mol. The normalized spacial score (nSPS) is 11.0. The van der Waals surface area contributed by atoms with Crippen molar-refractivity contribution in [3.63, 3.8) is 0 Å². The van der Waals surface area contributed by atoms with Gasteiger partial charge in [-0.15, -0.1) is 10.2 Å². The van der Waals surface area contributed by atoms with E-state index in [4.69, 9.17) is 4.42 Å². The zero-order valence-corrected chi connectivity index (χ0v) is 16.8. The maximum atomic E-state index is 12.3. The van der Waals surface area contributed by atoms with Crippen molar-refractivity contribution in [2.75, 3.05) is 5.32 Å². The summed E-state index contributed by atoms with van der Waals surface area (Å²) in [7, 11) is 0. The molecule has 136 valence electrons. The molecule has 0 bridgehead atoms. The number of anilines is 1. The number of aryl methyl sites for hydroxylation is 1. The molecule has 3 aromatic rings. The standard InChI is InChI=1S/C20H23N3O2S/c1-10-11(2)13(4)17(14(5)12(10)3)9-16-7-8-18(25-16)19(24)21-20-23-22-15(6)26-20/h7-8H,9H2,1-6H3,(H,21,23,24). The SMILES string of the molecule is Cc1nnc(NC(=O)c2ccc(Cc3c(C)c(C)c(C)c(C)c3C)o2)s1. The van der Waals surface area contributed by atoms with Gasteiger partial charge in [0.1, 0.15) is 10.8 Å². The Morgan fingerprint density at radius 2 is 1.58 bits per heavy atom. The molecule has 0 aliphatic rings. The van der Waals surface area contributed by atoms with Gasteiger partial charge in [-0.3, -0.25) is 10.1 Å². The molecular formula is C20H23N3O2S. The molecule has 0 unspecified atom stereocenters. The minimum absolute atomic E-state index is 0.281. The molecule has 5 nitrogen and oxygen atoms in total. The van der Waals surface area contributed by atoms with E-state index in [1.807, 2.05) is 13.0 Å². The van der Waals surface area contributed by atoms with Crippen LogP contribution in [0.2, 0.25) is 0 Å². The lowest BCUT2D eigenvalue weighted by atomic mass is 9.88. The number of hydrogen-bond donors (Lipinski definition) is 1. The van der Waals surface area contributed by atoms with E-state index < -0.39 is 0 Å². The fourth-order valence-corrected chi connectivity index (χ4v) is 3.70. The summed E-state index contributed by atoms with van der Waals surface area (Å²) in [6, 6.07) is 3.57. The van der Waals surface area contributed by atoms with Gasteiger partial charge in [-0.1, -0.05) is 11.3 Å². The molecule has 0 aliphatic carbocycles.